The van der Waals surface area contributed by atoms with Gasteiger partial charge in [0.15, 0.2) is 0 Å². The lowest BCUT2D eigenvalue weighted by atomic mass is 10.0. The van der Waals surface area contributed by atoms with E-state index < -0.39 is 0 Å². The van der Waals surface area contributed by atoms with Gasteiger partial charge in [-0.3, -0.25) is 9.59 Å². The molecule has 0 radical (unpaired) electrons. The van der Waals surface area contributed by atoms with E-state index in [1.54, 1.807) is 41.3 Å². The highest BCUT2D eigenvalue weighted by molar-refractivity contribution is 6.42. The molecule has 1 aliphatic heterocycles. The maximum absolute atomic E-state index is 12.6. The quantitative estimate of drug-likeness (QED) is 0.835. The summed E-state index contributed by atoms with van der Waals surface area (Å²) >= 11 is 11.9. The van der Waals surface area contributed by atoms with Gasteiger partial charge in [-0.1, -0.05) is 35.3 Å². The van der Waals surface area contributed by atoms with E-state index in [0.717, 1.165) is 0 Å². The topological polar surface area (TPSA) is 69.6 Å². The maximum atomic E-state index is 12.6. The zero-order valence-electron chi connectivity index (χ0n) is 13.9. The van der Waals surface area contributed by atoms with Crippen LogP contribution in [0.25, 0.3) is 0 Å². The smallest absolute Gasteiger partial charge is 0.255 e. The van der Waals surface area contributed by atoms with Crippen LogP contribution in [0.4, 0.5) is 0 Å². The van der Waals surface area contributed by atoms with Gasteiger partial charge in [-0.05, 0) is 43.2 Å². The second-order valence-electron chi connectivity index (χ2n) is 6.19. The molecule has 2 aromatic rings. The van der Waals surface area contributed by atoms with Gasteiger partial charge in [0.2, 0.25) is 0 Å². The number of para-hydroxylation sites is 1. The van der Waals surface area contributed by atoms with Crippen molar-refractivity contribution in [2.75, 3.05) is 13.1 Å². The Morgan fingerprint density at radius 2 is 1.73 bits per heavy atom. The predicted octanol–water partition coefficient (Wildman–Crippen LogP) is 3.73. The molecule has 1 saturated heterocycles. The summed E-state index contributed by atoms with van der Waals surface area (Å²) in [6, 6.07) is 11.2. The lowest BCUT2D eigenvalue weighted by molar-refractivity contribution is 0.0698. The normalized spacial score (nSPS) is 14.9. The number of aromatic hydroxyl groups is 1. The number of benzene rings is 2. The highest BCUT2D eigenvalue weighted by Crippen LogP contribution is 2.24. The number of phenols is 1. The van der Waals surface area contributed by atoms with Crippen LogP contribution in [-0.2, 0) is 0 Å². The molecule has 0 spiro atoms. The van der Waals surface area contributed by atoms with Crippen LogP contribution < -0.4 is 5.32 Å². The highest BCUT2D eigenvalue weighted by Gasteiger charge is 2.25. The second kappa shape index (κ2) is 7.98. The zero-order chi connectivity index (χ0) is 18.7. The van der Waals surface area contributed by atoms with Crippen LogP contribution in [-0.4, -0.2) is 41.0 Å². The van der Waals surface area contributed by atoms with Crippen LogP contribution in [0.5, 0.6) is 5.75 Å². The van der Waals surface area contributed by atoms with E-state index in [4.69, 9.17) is 23.2 Å². The molecule has 1 fully saturated rings. The number of nitrogens with one attached hydrogen (secondary N) is 1. The molecule has 7 heteroatoms. The van der Waals surface area contributed by atoms with E-state index in [2.05, 4.69) is 5.32 Å². The van der Waals surface area contributed by atoms with E-state index in [9.17, 15) is 14.7 Å². The molecule has 136 valence electrons. The van der Waals surface area contributed by atoms with Crippen molar-refractivity contribution in [3.05, 3.63) is 63.6 Å². The third-order valence-corrected chi connectivity index (χ3v) is 5.17. The van der Waals surface area contributed by atoms with Crippen molar-refractivity contribution in [3.8, 4) is 5.75 Å². The Morgan fingerprint density at radius 1 is 1.04 bits per heavy atom. The molecule has 0 atom stereocenters. The van der Waals surface area contributed by atoms with Gasteiger partial charge in [0.25, 0.3) is 11.8 Å². The molecule has 26 heavy (non-hydrogen) atoms. The van der Waals surface area contributed by atoms with Gasteiger partial charge in [0, 0.05) is 24.7 Å². The molecule has 0 saturated carbocycles. The van der Waals surface area contributed by atoms with E-state index in [1.807, 2.05) is 0 Å². The fourth-order valence-electron chi connectivity index (χ4n) is 2.97. The Hall–Kier alpha value is -2.24. The summed E-state index contributed by atoms with van der Waals surface area (Å²) in [5.41, 5.74) is 0.748. The average Bonchev–Trinajstić information content (AvgIpc) is 2.64. The maximum Gasteiger partial charge on any atom is 0.255 e. The number of carbonyl (C=O) groups excluding carboxylic acids is 2. The van der Waals surface area contributed by atoms with Crippen molar-refractivity contribution in [1.82, 2.24) is 10.2 Å². The molecular weight excluding hydrogens is 375 g/mol. The highest BCUT2D eigenvalue weighted by atomic mass is 35.5. The summed E-state index contributed by atoms with van der Waals surface area (Å²) < 4.78 is 0. The summed E-state index contributed by atoms with van der Waals surface area (Å²) in [5.74, 6) is -0.455. The third kappa shape index (κ3) is 4.11. The first-order valence-corrected chi connectivity index (χ1v) is 9.04. The van der Waals surface area contributed by atoms with Gasteiger partial charge in [0.1, 0.15) is 5.75 Å². The number of piperidine rings is 1. The lowest BCUT2D eigenvalue weighted by Crippen LogP contribution is -2.46. The number of hydrogen-bond acceptors (Lipinski definition) is 3. The first-order valence-electron chi connectivity index (χ1n) is 8.29. The van der Waals surface area contributed by atoms with Crippen LogP contribution in [0, 0.1) is 0 Å². The Bertz CT molecular complexity index is 833. The average molecular weight is 393 g/mol. The molecular formula is C19H18Cl2N2O3. The van der Waals surface area contributed by atoms with Crippen molar-refractivity contribution in [3.63, 3.8) is 0 Å². The number of likely N-dealkylation sites (tertiary alicyclic amines) is 1. The van der Waals surface area contributed by atoms with E-state index in [0.29, 0.717) is 41.5 Å². The molecule has 2 amide bonds. The number of phenolic OH excluding ortho intramolecular Hbond substituents is 1. The van der Waals surface area contributed by atoms with Crippen molar-refractivity contribution in [2.45, 2.75) is 18.9 Å². The van der Waals surface area contributed by atoms with Gasteiger partial charge in [0.05, 0.1) is 15.6 Å². The minimum atomic E-state index is -0.308. The summed E-state index contributed by atoms with van der Waals surface area (Å²) in [6.45, 7) is 1.07. The van der Waals surface area contributed by atoms with Gasteiger partial charge < -0.3 is 15.3 Å². The summed E-state index contributed by atoms with van der Waals surface area (Å²) in [7, 11) is 0. The second-order valence-corrected chi connectivity index (χ2v) is 7.00. The molecule has 1 heterocycles. The van der Waals surface area contributed by atoms with Gasteiger partial charge in [-0.25, -0.2) is 0 Å². The van der Waals surface area contributed by atoms with Crippen LogP contribution in [0.1, 0.15) is 33.6 Å². The Morgan fingerprint density at radius 3 is 2.38 bits per heavy atom. The minimum Gasteiger partial charge on any atom is -0.507 e. The first-order chi connectivity index (χ1) is 12.5. The van der Waals surface area contributed by atoms with Crippen molar-refractivity contribution >= 4 is 35.0 Å². The molecule has 2 N–H and O–H groups in total. The van der Waals surface area contributed by atoms with E-state index in [-0.39, 0.29) is 29.2 Å². The minimum absolute atomic E-state index is 0.0417. The lowest BCUT2D eigenvalue weighted by Gasteiger charge is -2.32. The first kappa shape index (κ1) is 18.5. The van der Waals surface area contributed by atoms with Crippen LogP contribution in [0.15, 0.2) is 42.5 Å². The number of hydrogen-bond donors (Lipinski definition) is 2. The van der Waals surface area contributed by atoms with E-state index >= 15 is 0 Å². The number of amides is 2. The largest absolute Gasteiger partial charge is 0.507 e. The predicted molar refractivity (Wildman–Crippen MR) is 101 cm³/mol. The SMILES string of the molecule is O=C(NC1CCN(C(=O)c2ccc(Cl)c(Cl)c2)CC1)c1ccccc1O. The molecule has 0 aromatic heterocycles. The molecule has 5 nitrogen and oxygen atoms in total. The monoisotopic (exact) mass is 392 g/mol. The number of halogens is 2. The fraction of sp³-hybridized carbons (Fsp3) is 0.263. The number of nitrogens with zero attached hydrogens (tertiary/aromatic N) is 1. The fourth-order valence-corrected chi connectivity index (χ4v) is 3.27. The molecule has 0 bridgehead atoms. The van der Waals surface area contributed by atoms with Gasteiger partial charge in [-0.2, -0.15) is 0 Å². The van der Waals surface area contributed by atoms with Crippen LogP contribution in [0.3, 0.4) is 0 Å². The van der Waals surface area contributed by atoms with Crippen LogP contribution in [0.2, 0.25) is 10.0 Å². The van der Waals surface area contributed by atoms with E-state index in [1.165, 1.54) is 6.07 Å². The number of carbonyl (C=O) groups is 2. The Labute approximate surface area is 161 Å². The van der Waals surface area contributed by atoms with Crippen molar-refractivity contribution < 1.29 is 14.7 Å². The third-order valence-electron chi connectivity index (χ3n) is 4.43. The van der Waals surface area contributed by atoms with Crippen molar-refractivity contribution in [1.29, 1.82) is 0 Å². The molecule has 2 aromatic carbocycles. The summed E-state index contributed by atoms with van der Waals surface area (Å²) in [4.78, 5) is 26.6. The van der Waals surface area contributed by atoms with Gasteiger partial charge in [-0.15, -0.1) is 0 Å². The summed E-state index contributed by atoms with van der Waals surface area (Å²) in [6.07, 6.45) is 1.29. The Kier molecular flexibility index (Phi) is 5.69. The molecule has 0 aliphatic carbocycles. The van der Waals surface area contributed by atoms with Crippen LogP contribution >= 0.6 is 23.2 Å². The molecule has 3 rings (SSSR count). The molecule has 0 unspecified atom stereocenters. The molecule has 1 aliphatic rings. The Balaban J connectivity index is 1.57. The number of rotatable bonds is 3. The van der Waals surface area contributed by atoms with Gasteiger partial charge >= 0.3 is 0 Å². The summed E-state index contributed by atoms with van der Waals surface area (Å²) in [5, 5.41) is 13.4. The van der Waals surface area contributed by atoms with Crippen molar-refractivity contribution in [2.24, 2.45) is 0 Å². The standard InChI is InChI=1S/C19H18Cl2N2O3/c20-15-6-5-12(11-16(15)21)19(26)23-9-7-13(8-10-23)22-18(25)14-3-1-2-4-17(14)24/h1-6,11,13,24H,7-10H2,(H,22,25). The zero-order valence-corrected chi connectivity index (χ0v) is 15.4.